The van der Waals surface area contributed by atoms with E-state index in [4.69, 9.17) is 26.1 Å². The molecule has 0 fully saturated rings. The van der Waals surface area contributed by atoms with Gasteiger partial charge in [-0.1, -0.05) is 0 Å². The molecule has 0 aliphatic rings. The molecule has 0 amide bonds. The summed E-state index contributed by atoms with van der Waals surface area (Å²) >= 11 is 1.52. The molecule has 0 spiro atoms. The number of aliphatic hydroxyl groups excluding tert-OH is 2. The summed E-state index contributed by atoms with van der Waals surface area (Å²) in [5.74, 6) is 2.01. The molecule has 0 aliphatic carbocycles. The molecule has 100 valence electrons. The van der Waals surface area contributed by atoms with Crippen LogP contribution >= 0.6 is 11.8 Å². The van der Waals surface area contributed by atoms with Crippen molar-refractivity contribution in [3.8, 4) is 5.75 Å². The molecule has 0 saturated carbocycles. The number of hydrogen-bond donors (Lipinski definition) is 4. The summed E-state index contributed by atoms with van der Waals surface area (Å²) in [6, 6.07) is 7.01. The number of aliphatic hydroxyl groups is 2. The fourth-order valence-corrected chi connectivity index (χ4v) is 1.97. The standard InChI is InChI=1S/C12H18N2O3S/c13-12(14)9-1-3-11(4-2-9)17-5-6-18-8-10(16)7-15/h1-4,10,15-16H,5-8H2,(H3,13,14). The van der Waals surface area contributed by atoms with Gasteiger partial charge in [-0.2, -0.15) is 11.8 Å². The van der Waals surface area contributed by atoms with Crippen LogP contribution in [0.25, 0.3) is 0 Å². The lowest BCUT2D eigenvalue weighted by Gasteiger charge is -2.08. The van der Waals surface area contributed by atoms with Gasteiger partial charge in [-0.25, -0.2) is 0 Å². The molecule has 6 heteroatoms. The summed E-state index contributed by atoms with van der Waals surface area (Å²) in [6.07, 6.45) is -0.662. The van der Waals surface area contributed by atoms with Gasteiger partial charge >= 0.3 is 0 Å². The zero-order chi connectivity index (χ0) is 13.4. The summed E-state index contributed by atoms with van der Waals surface area (Å²) in [5.41, 5.74) is 6.01. The first-order valence-electron chi connectivity index (χ1n) is 5.57. The summed E-state index contributed by atoms with van der Waals surface area (Å²) in [6.45, 7) is 0.322. The first-order valence-corrected chi connectivity index (χ1v) is 6.73. The molecule has 1 rings (SSSR count). The topological polar surface area (TPSA) is 99.6 Å². The molecule has 1 aromatic rings. The van der Waals surface area contributed by atoms with Gasteiger partial charge in [0.2, 0.25) is 0 Å². The maximum absolute atomic E-state index is 9.11. The van der Waals surface area contributed by atoms with E-state index in [0.717, 1.165) is 11.5 Å². The van der Waals surface area contributed by atoms with Crippen LogP contribution in [0.15, 0.2) is 24.3 Å². The molecule has 0 saturated heterocycles. The number of amidine groups is 1. The molecular formula is C12H18N2O3S. The average molecular weight is 270 g/mol. The maximum Gasteiger partial charge on any atom is 0.122 e. The zero-order valence-electron chi connectivity index (χ0n) is 10.0. The Kier molecular flexibility index (Phi) is 6.56. The second-order valence-electron chi connectivity index (χ2n) is 3.70. The van der Waals surface area contributed by atoms with Crippen LogP contribution in [0, 0.1) is 5.41 Å². The van der Waals surface area contributed by atoms with E-state index >= 15 is 0 Å². The molecule has 0 bridgehead atoms. The van der Waals surface area contributed by atoms with Gasteiger partial charge in [0.1, 0.15) is 11.6 Å². The number of ether oxygens (including phenoxy) is 1. The quantitative estimate of drug-likeness (QED) is 0.312. The fourth-order valence-electron chi connectivity index (χ4n) is 1.22. The van der Waals surface area contributed by atoms with Crippen molar-refractivity contribution < 1.29 is 14.9 Å². The lowest BCUT2D eigenvalue weighted by Crippen LogP contribution is -2.15. The number of nitrogens with two attached hydrogens (primary N) is 1. The van der Waals surface area contributed by atoms with Crippen molar-refractivity contribution in [2.24, 2.45) is 5.73 Å². The Labute approximate surface area is 110 Å². The van der Waals surface area contributed by atoms with Crippen molar-refractivity contribution in [3.05, 3.63) is 29.8 Å². The minimum Gasteiger partial charge on any atom is -0.493 e. The minimum atomic E-state index is -0.662. The van der Waals surface area contributed by atoms with E-state index in [0.29, 0.717) is 17.9 Å². The van der Waals surface area contributed by atoms with Crippen LogP contribution < -0.4 is 10.5 Å². The molecule has 1 unspecified atom stereocenters. The number of nitrogen functional groups attached to an aromatic ring is 1. The highest BCUT2D eigenvalue weighted by atomic mass is 32.2. The van der Waals surface area contributed by atoms with E-state index in [2.05, 4.69) is 0 Å². The lowest BCUT2D eigenvalue weighted by atomic mass is 10.2. The highest BCUT2D eigenvalue weighted by Crippen LogP contribution is 2.12. The molecule has 5 N–H and O–H groups in total. The highest BCUT2D eigenvalue weighted by Gasteiger charge is 2.02. The van der Waals surface area contributed by atoms with Gasteiger partial charge in [-0.15, -0.1) is 0 Å². The third kappa shape index (κ3) is 5.39. The molecule has 18 heavy (non-hydrogen) atoms. The van der Waals surface area contributed by atoms with Crippen molar-refractivity contribution >= 4 is 17.6 Å². The number of thioether (sulfide) groups is 1. The maximum atomic E-state index is 9.11. The SMILES string of the molecule is N=C(N)c1ccc(OCCSCC(O)CO)cc1. The van der Waals surface area contributed by atoms with Crippen molar-refractivity contribution in [2.45, 2.75) is 6.10 Å². The van der Waals surface area contributed by atoms with Crippen molar-refractivity contribution in [1.82, 2.24) is 0 Å². The predicted octanol–water partition coefficient (Wildman–Crippen LogP) is 0.436. The normalized spacial score (nSPS) is 12.1. The number of benzene rings is 1. The third-order valence-corrected chi connectivity index (χ3v) is 3.26. The zero-order valence-corrected chi connectivity index (χ0v) is 10.8. The van der Waals surface area contributed by atoms with Crippen LogP contribution in [0.1, 0.15) is 5.56 Å². The Hall–Kier alpha value is -1.24. The molecular weight excluding hydrogens is 252 g/mol. The summed E-state index contributed by atoms with van der Waals surface area (Å²) in [7, 11) is 0. The Balaban J connectivity index is 2.21. The van der Waals surface area contributed by atoms with E-state index in [9.17, 15) is 0 Å². The van der Waals surface area contributed by atoms with Crippen molar-refractivity contribution in [1.29, 1.82) is 5.41 Å². The van der Waals surface area contributed by atoms with Crippen LogP contribution in [0.2, 0.25) is 0 Å². The summed E-state index contributed by atoms with van der Waals surface area (Å²) < 4.78 is 5.48. The van der Waals surface area contributed by atoms with Crippen LogP contribution in [0.3, 0.4) is 0 Å². The number of nitrogens with one attached hydrogen (secondary N) is 1. The fraction of sp³-hybridized carbons (Fsp3) is 0.417. The number of hydrogen-bond acceptors (Lipinski definition) is 5. The summed E-state index contributed by atoms with van der Waals surface area (Å²) in [5, 5.41) is 25.0. The first kappa shape index (κ1) is 14.8. The Morgan fingerprint density at radius 1 is 1.39 bits per heavy atom. The molecule has 5 nitrogen and oxygen atoms in total. The van der Waals surface area contributed by atoms with E-state index in [1.54, 1.807) is 24.3 Å². The molecule has 0 heterocycles. The Bertz CT molecular complexity index is 370. The van der Waals surface area contributed by atoms with Gasteiger partial charge in [-0.05, 0) is 24.3 Å². The van der Waals surface area contributed by atoms with Gasteiger partial charge in [0.25, 0.3) is 0 Å². The van der Waals surface area contributed by atoms with E-state index in [1.165, 1.54) is 11.8 Å². The first-order chi connectivity index (χ1) is 8.63. The van der Waals surface area contributed by atoms with Crippen LogP contribution in [-0.2, 0) is 0 Å². The van der Waals surface area contributed by atoms with Crippen LogP contribution in [0.5, 0.6) is 5.75 Å². The summed E-state index contributed by atoms with van der Waals surface area (Å²) in [4.78, 5) is 0. The van der Waals surface area contributed by atoms with E-state index in [1.807, 2.05) is 0 Å². The third-order valence-electron chi connectivity index (χ3n) is 2.18. The van der Waals surface area contributed by atoms with E-state index < -0.39 is 6.10 Å². The smallest absolute Gasteiger partial charge is 0.122 e. The van der Waals surface area contributed by atoms with Crippen LogP contribution in [-0.4, -0.2) is 46.9 Å². The van der Waals surface area contributed by atoms with Crippen LogP contribution in [0.4, 0.5) is 0 Å². The van der Waals surface area contributed by atoms with Crippen molar-refractivity contribution in [3.63, 3.8) is 0 Å². The van der Waals surface area contributed by atoms with Gasteiger partial charge in [0, 0.05) is 17.1 Å². The van der Waals surface area contributed by atoms with Crippen molar-refractivity contribution in [2.75, 3.05) is 24.7 Å². The Morgan fingerprint density at radius 2 is 2.06 bits per heavy atom. The Morgan fingerprint density at radius 3 is 2.61 bits per heavy atom. The monoisotopic (exact) mass is 270 g/mol. The second kappa shape index (κ2) is 7.97. The highest BCUT2D eigenvalue weighted by molar-refractivity contribution is 7.99. The van der Waals surface area contributed by atoms with Gasteiger partial charge in [-0.3, -0.25) is 5.41 Å². The van der Waals surface area contributed by atoms with Gasteiger partial charge in [0.15, 0.2) is 0 Å². The minimum absolute atomic E-state index is 0.0371. The predicted molar refractivity (Wildman–Crippen MR) is 73.4 cm³/mol. The molecule has 0 aliphatic heterocycles. The number of rotatable bonds is 8. The van der Waals surface area contributed by atoms with Gasteiger partial charge in [0.05, 0.1) is 19.3 Å². The average Bonchev–Trinajstić information content (AvgIpc) is 2.38. The largest absolute Gasteiger partial charge is 0.493 e. The van der Waals surface area contributed by atoms with E-state index in [-0.39, 0.29) is 12.4 Å². The molecule has 0 aromatic heterocycles. The van der Waals surface area contributed by atoms with Gasteiger partial charge < -0.3 is 20.7 Å². The molecule has 1 atom stereocenters. The molecule has 0 radical (unpaired) electrons. The molecule has 1 aromatic carbocycles. The second-order valence-corrected chi connectivity index (χ2v) is 4.85. The lowest BCUT2D eigenvalue weighted by molar-refractivity contribution is 0.113.